The fourth-order valence-corrected chi connectivity index (χ4v) is 2.22. The van der Waals surface area contributed by atoms with E-state index in [1.54, 1.807) is 6.92 Å². The molecule has 100 valence electrons. The van der Waals surface area contributed by atoms with Gasteiger partial charge in [0.25, 0.3) is 5.91 Å². The van der Waals surface area contributed by atoms with Gasteiger partial charge in [0.05, 0.1) is 6.04 Å². The van der Waals surface area contributed by atoms with Gasteiger partial charge in [-0.25, -0.2) is 8.78 Å². The van der Waals surface area contributed by atoms with Crippen molar-refractivity contribution in [1.82, 2.24) is 15.5 Å². The summed E-state index contributed by atoms with van der Waals surface area (Å²) in [6.07, 6.45) is 0. The molecule has 19 heavy (non-hydrogen) atoms. The number of carbonyl (C=O) groups excluding carboxylic acids is 1. The van der Waals surface area contributed by atoms with Crippen LogP contribution in [0.1, 0.15) is 28.3 Å². The van der Waals surface area contributed by atoms with Crippen molar-refractivity contribution < 1.29 is 13.6 Å². The Hall–Kier alpha value is -1.60. The molecule has 0 bridgehead atoms. The van der Waals surface area contributed by atoms with Crippen LogP contribution in [0.3, 0.4) is 0 Å². The Morgan fingerprint density at radius 1 is 1.42 bits per heavy atom. The minimum Gasteiger partial charge on any atom is -0.343 e. The van der Waals surface area contributed by atoms with E-state index in [0.717, 1.165) is 23.5 Å². The first-order chi connectivity index (χ1) is 8.97. The molecule has 0 fully saturated rings. The van der Waals surface area contributed by atoms with Gasteiger partial charge in [-0.2, -0.15) is 0 Å². The van der Waals surface area contributed by atoms with Gasteiger partial charge in [0, 0.05) is 11.6 Å². The summed E-state index contributed by atoms with van der Waals surface area (Å²) in [4.78, 5) is 11.8. The van der Waals surface area contributed by atoms with Crippen LogP contribution in [0.4, 0.5) is 8.78 Å². The normalized spacial score (nSPS) is 12.2. The average molecular weight is 304 g/mol. The summed E-state index contributed by atoms with van der Waals surface area (Å²) in [5.74, 6) is -1.90. The molecule has 1 N–H and O–H groups in total. The second-order valence-corrected chi connectivity index (χ2v) is 5.28. The quantitative estimate of drug-likeness (QED) is 0.948. The van der Waals surface area contributed by atoms with Crippen LogP contribution >= 0.6 is 22.9 Å². The second kappa shape index (κ2) is 5.58. The molecule has 1 unspecified atom stereocenters. The molecule has 0 aliphatic heterocycles. The van der Waals surface area contributed by atoms with E-state index in [1.807, 2.05) is 0 Å². The van der Waals surface area contributed by atoms with Crippen molar-refractivity contribution in [2.24, 2.45) is 0 Å². The lowest BCUT2D eigenvalue weighted by atomic mass is 10.1. The van der Waals surface area contributed by atoms with Crippen LogP contribution in [0.2, 0.25) is 4.47 Å². The fraction of sp³-hybridized carbons (Fsp3) is 0.182. The molecule has 1 aromatic heterocycles. The van der Waals surface area contributed by atoms with Gasteiger partial charge < -0.3 is 5.32 Å². The molecule has 8 heteroatoms. The zero-order valence-corrected chi connectivity index (χ0v) is 11.2. The van der Waals surface area contributed by atoms with Crippen LogP contribution < -0.4 is 5.32 Å². The standard InChI is InChI=1S/C11H8ClF2N3OS/c1-5(7-3-2-6(13)4-8(7)14)15-9(18)10-16-17-11(12)19-10/h2-5H,1H3,(H,15,18). The summed E-state index contributed by atoms with van der Waals surface area (Å²) in [5.41, 5.74) is 0.186. The summed E-state index contributed by atoms with van der Waals surface area (Å²) in [6.45, 7) is 1.58. The van der Waals surface area contributed by atoms with Gasteiger partial charge in [0.1, 0.15) is 11.6 Å². The predicted molar refractivity (Wildman–Crippen MR) is 67.2 cm³/mol. The maximum Gasteiger partial charge on any atom is 0.282 e. The SMILES string of the molecule is CC(NC(=O)c1nnc(Cl)s1)c1ccc(F)cc1F. The lowest BCUT2D eigenvalue weighted by Gasteiger charge is -2.13. The van der Waals surface area contributed by atoms with Crippen LogP contribution in [0.25, 0.3) is 0 Å². The Morgan fingerprint density at radius 3 is 2.74 bits per heavy atom. The molecule has 0 radical (unpaired) electrons. The molecule has 1 atom stereocenters. The van der Waals surface area contributed by atoms with Gasteiger partial charge >= 0.3 is 0 Å². The van der Waals surface area contributed by atoms with Crippen molar-refractivity contribution in [3.63, 3.8) is 0 Å². The van der Waals surface area contributed by atoms with Crippen molar-refractivity contribution in [3.8, 4) is 0 Å². The number of benzene rings is 1. The van der Waals surface area contributed by atoms with Gasteiger partial charge in [-0.1, -0.05) is 17.4 Å². The minimum absolute atomic E-state index is 0.0827. The molecule has 2 rings (SSSR count). The van der Waals surface area contributed by atoms with E-state index in [1.165, 1.54) is 6.07 Å². The number of nitrogens with zero attached hydrogens (tertiary/aromatic N) is 2. The third-order valence-corrected chi connectivity index (χ3v) is 3.39. The van der Waals surface area contributed by atoms with Crippen LogP contribution in [0, 0.1) is 11.6 Å². The number of rotatable bonds is 3. The number of nitrogens with one attached hydrogen (secondary N) is 1. The van der Waals surface area contributed by atoms with Gasteiger partial charge in [0.2, 0.25) is 9.47 Å². The van der Waals surface area contributed by atoms with Gasteiger partial charge in [-0.3, -0.25) is 4.79 Å². The van der Waals surface area contributed by atoms with Crippen molar-refractivity contribution in [1.29, 1.82) is 0 Å². The third-order valence-electron chi connectivity index (χ3n) is 2.37. The molecule has 4 nitrogen and oxygen atoms in total. The van der Waals surface area contributed by atoms with Crippen LogP contribution in [0.15, 0.2) is 18.2 Å². The lowest BCUT2D eigenvalue weighted by molar-refractivity contribution is 0.0938. The van der Waals surface area contributed by atoms with Crippen LogP contribution in [0.5, 0.6) is 0 Å². The number of halogens is 3. The Bertz CT molecular complexity index is 620. The first-order valence-corrected chi connectivity index (χ1v) is 6.41. The molecule has 0 aliphatic carbocycles. The number of hydrogen-bond donors (Lipinski definition) is 1. The molecular weight excluding hydrogens is 296 g/mol. The molecule has 2 aromatic rings. The lowest BCUT2D eigenvalue weighted by Crippen LogP contribution is -2.27. The number of carbonyl (C=O) groups is 1. The maximum atomic E-state index is 13.5. The molecule has 0 saturated carbocycles. The number of aromatic nitrogens is 2. The highest BCUT2D eigenvalue weighted by Gasteiger charge is 2.18. The third kappa shape index (κ3) is 3.24. The summed E-state index contributed by atoms with van der Waals surface area (Å²) in [6, 6.07) is 2.54. The largest absolute Gasteiger partial charge is 0.343 e. The monoisotopic (exact) mass is 303 g/mol. The molecule has 0 aliphatic rings. The van der Waals surface area contributed by atoms with E-state index >= 15 is 0 Å². The van der Waals surface area contributed by atoms with Crippen molar-refractivity contribution in [2.75, 3.05) is 0 Å². The predicted octanol–water partition coefficient (Wildman–Crippen LogP) is 2.96. The zero-order valence-electron chi connectivity index (χ0n) is 9.65. The van der Waals surface area contributed by atoms with Crippen LogP contribution in [-0.4, -0.2) is 16.1 Å². The molecule has 1 heterocycles. The highest BCUT2D eigenvalue weighted by molar-refractivity contribution is 7.17. The Morgan fingerprint density at radius 2 is 2.16 bits per heavy atom. The summed E-state index contributed by atoms with van der Waals surface area (Å²) < 4.78 is 26.4. The van der Waals surface area contributed by atoms with E-state index in [-0.39, 0.29) is 15.0 Å². The average Bonchev–Trinajstić information content (AvgIpc) is 2.75. The van der Waals surface area contributed by atoms with Crippen molar-refractivity contribution in [3.05, 3.63) is 44.9 Å². The second-order valence-electron chi connectivity index (χ2n) is 3.72. The number of amides is 1. The summed E-state index contributed by atoms with van der Waals surface area (Å²) in [5, 5.41) is 9.68. The highest BCUT2D eigenvalue weighted by atomic mass is 35.5. The van der Waals surface area contributed by atoms with E-state index < -0.39 is 23.6 Å². The fourth-order valence-electron chi connectivity index (χ4n) is 1.49. The van der Waals surface area contributed by atoms with E-state index in [4.69, 9.17) is 11.6 Å². The van der Waals surface area contributed by atoms with E-state index in [9.17, 15) is 13.6 Å². The first kappa shape index (κ1) is 13.8. The summed E-state index contributed by atoms with van der Waals surface area (Å²) >= 11 is 6.48. The number of hydrogen-bond acceptors (Lipinski definition) is 4. The maximum absolute atomic E-state index is 13.5. The topological polar surface area (TPSA) is 54.9 Å². The van der Waals surface area contributed by atoms with Crippen LogP contribution in [-0.2, 0) is 0 Å². The van der Waals surface area contributed by atoms with Gasteiger partial charge in [0.15, 0.2) is 0 Å². The zero-order chi connectivity index (χ0) is 14.0. The first-order valence-electron chi connectivity index (χ1n) is 5.22. The van der Waals surface area contributed by atoms with E-state index in [0.29, 0.717) is 0 Å². The van der Waals surface area contributed by atoms with Gasteiger partial charge in [-0.05, 0) is 24.6 Å². The summed E-state index contributed by atoms with van der Waals surface area (Å²) in [7, 11) is 0. The molecule has 0 saturated heterocycles. The highest BCUT2D eigenvalue weighted by Crippen LogP contribution is 2.19. The molecule has 0 spiro atoms. The molecule has 1 aromatic carbocycles. The Kier molecular flexibility index (Phi) is 4.06. The minimum atomic E-state index is -0.719. The molecular formula is C11H8ClF2N3OS. The van der Waals surface area contributed by atoms with Crippen molar-refractivity contribution >= 4 is 28.8 Å². The Labute approximate surface area is 116 Å². The Balaban J connectivity index is 2.12. The molecule has 1 amide bonds. The van der Waals surface area contributed by atoms with Gasteiger partial charge in [-0.15, -0.1) is 10.2 Å². The smallest absolute Gasteiger partial charge is 0.282 e. The van der Waals surface area contributed by atoms with E-state index in [2.05, 4.69) is 15.5 Å². The van der Waals surface area contributed by atoms with Crippen molar-refractivity contribution in [2.45, 2.75) is 13.0 Å².